The van der Waals surface area contributed by atoms with Crippen LogP contribution in [0.25, 0.3) is 5.65 Å². The van der Waals surface area contributed by atoms with E-state index in [4.69, 9.17) is 0 Å². The van der Waals surface area contributed by atoms with Crippen LogP contribution >= 0.6 is 0 Å². The van der Waals surface area contributed by atoms with E-state index in [1.165, 1.54) is 0 Å². The second kappa shape index (κ2) is 6.17. The van der Waals surface area contributed by atoms with Gasteiger partial charge in [-0.3, -0.25) is 0 Å². The Bertz CT molecular complexity index is 1090. The largest absolute Gasteiger partial charge is 0.243 e. The van der Waals surface area contributed by atoms with Crippen LogP contribution in [0.15, 0.2) is 41.4 Å². The molecule has 0 unspecified atom stereocenters. The first-order valence-electron chi connectivity index (χ1n) is 8.78. The van der Waals surface area contributed by atoms with E-state index < -0.39 is 10.0 Å². The highest BCUT2D eigenvalue weighted by atomic mass is 32.2. The molecule has 0 spiro atoms. The minimum atomic E-state index is -3.57. The van der Waals surface area contributed by atoms with Crippen LogP contribution < -0.4 is 0 Å². The number of nitrogens with zero attached hydrogens (tertiary/aromatic N) is 4. The molecule has 0 saturated carbocycles. The third-order valence-corrected chi connectivity index (χ3v) is 7.04. The van der Waals surface area contributed by atoms with Crippen molar-refractivity contribution in [2.24, 2.45) is 0 Å². The predicted octanol–water partition coefficient (Wildman–Crippen LogP) is 3.18. The first-order chi connectivity index (χ1) is 12.4. The van der Waals surface area contributed by atoms with Gasteiger partial charge in [0.2, 0.25) is 10.0 Å². The van der Waals surface area contributed by atoms with Crippen LogP contribution in [0, 0.1) is 20.8 Å². The number of hydrogen-bond donors (Lipinski definition) is 0. The van der Waals surface area contributed by atoms with Gasteiger partial charge in [0.1, 0.15) is 0 Å². The Labute approximate surface area is 153 Å². The molecule has 1 atom stereocenters. The van der Waals surface area contributed by atoms with Crippen molar-refractivity contribution < 1.29 is 8.42 Å². The molecule has 2 aromatic heterocycles. The van der Waals surface area contributed by atoms with Gasteiger partial charge in [0.15, 0.2) is 5.65 Å². The normalized spacial score (nSPS) is 18.7. The lowest BCUT2D eigenvalue weighted by atomic mass is 10.1. The van der Waals surface area contributed by atoms with Gasteiger partial charge in [0.25, 0.3) is 0 Å². The van der Waals surface area contributed by atoms with E-state index in [-0.39, 0.29) is 6.04 Å². The number of rotatable bonds is 3. The Hall–Kier alpha value is -2.25. The van der Waals surface area contributed by atoms with Crippen LogP contribution in [0.2, 0.25) is 0 Å². The Morgan fingerprint density at radius 2 is 1.88 bits per heavy atom. The zero-order chi connectivity index (χ0) is 18.5. The molecule has 0 amide bonds. The van der Waals surface area contributed by atoms with Gasteiger partial charge >= 0.3 is 0 Å². The fourth-order valence-electron chi connectivity index (χ4n) is 3.61. The van der Waals surface area contributed by atoms with E-state index in [1.807, 2.05) is 39.0 Å². The molecular formula is C19H22N4O2S. The van der Waals surface area contributed by atoms with Crippen molar-refractivity contribution in [3.63, 3.8) is 0 Å². The number of aromatic nitrogens is 3. The van der Waals surface area contributed by atoms with E-state index in [2.05, 4.69) is 10.1 Å². The fourth-order valence-corrected chi connectivity index (χ4v) is 5.37. The van der Waals surface area contributed by atoms with Crippen molar-refractivity contribution in [3.8, 4) is 0 Å². The van der Waals surface area contributed by atoms with Crippen LogP contribution in [0.5, 0.6) is 0 Å². The topological polar surface area (TPSA) is 67.6 Å². The van der Waals surface area contributed by atoms with Crippen molar-refractivity contribution in [2.75, 3.05) is 6.54 Å². The zero-order valence-corrected chi connectivity index (χ0v) is 16.0. The summed E-state index contributed by atoms with van der Waals surface area (Å²) in [6.45, 7) is 6.35. The zero-order valence-electron chi connectivity index (χ0n) is 15.2. The summed E-state index contributed by atoms with van der Waals surface area (Å²) < 4.78 is 30.0. The molecule has 0 bridgehead atoms. The Morgan fingerprint density at radius 3 is 2.65 bits per heavy atom. The average molecular weight is 370 g/mol. The minimum Gasteiger partial charge on any atom is -0.237 e. The number of fused-ring (bicyclic) bond motifs is 1. The van der Waals surface area contributed by atoms with Crippen LogP contribution in [0.1, 0.15) is 41.4 Å². The molecule has 1 saturated heterocycles. The molecule has 1 fully saturated rings. The van der Waals surface area contributed by atoms with Gasteiger partial charge < -0.3 is 0 Å². The summed E-state index contributed by atoms with van der Waals surface area (Å²) >= 11 is 0. The molecule has 1 aliphatic heterocycles. The molecule has 0 aliphatic carbocycles. The maximum atomic E-state index is 13.3. The molecule has 26 heavy (non-hydrogen) atoms. The highest BCUT2D eigenvalue weighted by molar-refractivity contribution is 7.89. The molecule has 1 aliphatic rings. The smallest absolute Gasteiger partial charge is 0.237 e. The lowest BCUT2D eigenvalue weighted by Gasteiger charge is -2.25. The van der Waals surface area contributed by atoms with E-state index in [9.17, 15) is 8.42 Å². The first kappa shape index (κ1) is 17.2. The van der Waals surface area contributed by atoms with Crippen molar-refractivity contribution in [1.82, 2.24) is 18.9 Å². The number of hydrogen-bond acceptors (Lipinski definition) is 4. The van der Waals surface area contributed by atoms with Gasteiger partial charge in [-0.15, -0.1) is 0 Å². The third kappa shape index (κ3) is 2.71. The van der Waals surface area contributed by atoms with Gasteiger partial charge in [-0.1, -0.05) is 6.07 Å². The van der Waals surface area contributed by atoms with Gasteiger partial charge in [-0.25, -0.2) is 17.9 Å². The molecule has 1 aromatic carbocycles. The molecule has 4 rings (SSSR count). The van der Waals surface area contributed by atoms with Crippen LogP contribution in [0.4, 0.5) is 0 Å². The molecular weight excluding hydrogens is 348 g/mol. The van der Waals surface area contributed by atoms with Crippen LogP contribution in [-0.2, 0) is 10.0 Å². The van der Waals surface area contributed by atoms with Crippen LogP contribution in [0.3, 0.4) is 0 Å². The third-order valence-electron chi connectivity index (χ3n) is 5.14. The summed E-state index contributed by atoms with van der Waals surface area (Å²) in [7, 11) is -3.57. The summed E-state index contributed by atoms with van der Waals surface area (Å²) in [5.41, 5.74) is 4.55. The highest BCUT2D eigenvalue weighted by Gasteiger charge is 2.37. The summed E-state index contributed by atoms with van der Waals surface area (Å²) in [5.74, 6) is 0. The maximum absolute atomic E-state index is 13.3. The summed E-state index contributed by atoms with van der Waals surface area (Å²) in [6, 6.07) is 8.88. The molecule has 7 heteroatoms. The Balaban J connectivity index is 1.79. The molecule has 136 valence electrons. The van der Waals surface area contributed by atoms with Gasteiger partial charge in [-0.05, 0) is 62.9 Å². The first-order valence-corrected chi connectivity index (χ1v) is 10.2. The lowest BCUT2D eigenvalue weighted by Crippen LogP contribution is -2.31. The molecule has 0 radical (unpaired) electrons. The van der Waals surface area contributed by atoms with Crippen molar-refractivity contribution in [2.45, 2.75) is 44.6 Å². The number of benzene rings is 1. The standard InChI is InChI=1S/C19H22N4O2S/c1-13-6-7-16(11-14(13)2)26(24,25)22-10-4-5-17(22)18-8-9-20-19-12-15(3)21-23(18)19/h6-9,11-12,17H,4-5,10H2,1-3H3/t17-/m0/s1. The minimum absolute atomic E-state index is 0.230. The monoisotopic (exact) mass is 370 g/mol. The van der Waals surface area contributed by atoms with Crippen molar-refractivity contribution in [1.29, 1.82) is 0 Å². The lowest BCUT2D eigenvalue weighted by molar-refractivity contribution is 0.385. The van der Waals surface area contributed by atoms with E-state index >= 15 is 0 Å². The van der Waals surface area contributed by atoms with Crippen LogP contribution in [-0.4, -0.2) is 33.9 Å². The van der Waals surface area contributed by atoms with Crippen molar-refractivity contribution in [3.05, 3.63) is 59.0 Å². The molecule has 6 nitrogen and oxygen atoms in total. The average Bonchev–Trinajstić information content (AvgIpc) is 3.22. The number of sulfonamides is 1. The second-order valence-electron chi connectivity index (χ2n) is 6.95. The van der Waals surface area contributed by atoms with E-state index in [1.54, 1.807) is 27.2 Å². The highest BCUT2D eigenvalue weighted by Crippen LogP contribution is 2.36. The van der Waals surface area contributed by atoms with Gasteiger partial charge in [-0.2, -0.15) is 9.40 Å². The maximum Gasteiger partial charge on any atom is 0.243 e. The Morgan fingerprint density at radius 1 is 1.08 bits per heavy atom. The number of aryl methyl sites for hydroxylation is 3. The van der Waals surface area contributed by atoms with Gasteiger partial charge in [0, 0.05) is 18.8 Å². The molecule has 3 heterocycles. The van der Waals surface area contributed by atoms with Gasteiger partial charge in [0.05, 0.1) is 22.3 Å². The fraction of sp³-hybridized carbons (Fsp3) is 0.368. The predicted molar refractivity (Wildman–Crippen MR) is 99.5 cm³/mol. The quantitative estimate of drug-likeness (QED) is 0.710. The molecule has 3 aromatic rings. The second-order valence-corrected chi connectivity index (χ2v) is 8.84. The summed E-state index contributed by atoms with van der Waals surface area (Å²) in [5, 5.41) is 4.51. The Kier molecular flexibility index (Phi) is 4.08. The summed E-state index contributed by atoms with van der Waals surface area (Å²) in [4.78, 5) is 4.69. The SMILES string of the molecule is Cc1cc2nccc([C@@H]3CCCN3S(=O)(=O)c3ccc(C)c(C)c3)n2n1. The summed E-state index contributed by atoms with van der Waals surface area (Å²) in [6.07, 6.45) is 3.34. The molecule has 0 N–H and O–H groups in total. The van der Waals surface area contributed by atoms with E-state index in [0.717, 1.165) is 41.0 Å². The van der Waals surface area contributed by atoms with Crippen molar-refractivity contribution >= 4 is 15.7 Å². The van der Waals surface area contributed by atoms with E-state index in [0.29, 0.717) is 11.4 Å².